The second-order valence-corrected chi connectivity index (χ2v) is 7.39. The van der Waals surface area contributed by atoms with Crippen LogP contribution in [-0.2, 0) is 6.54 Å². The standard InChI is InChI=1S/C17H25N5OS/c1-12(16-13(2)19-20-14(16)3)18-17(23)22-8-6-21(7-9-22)11-15-5-4-10-24-15/h4-5,10,12H,6-9,11H2,1-3H3,(H,18,23)(H,19,20). The first kappa shape index (κ1) is 17.0. The molecule has 2 aromatic heterocycles. The fraction of sp³-hybridized carbons (Fsp3) is 0.529. The van der Waals surface area contributed by atoms with E-state index in [-0.39, 0.29) is 12.1 Å². The number of amides is 2. The van der Waals surface area contributed by atoms with Crippen LogP contribution in [0.25, 0.3) is 0 Å². The van der Waals surface area contributed by atoms with Gasteiger partial charge in [-0.05, 0) is 32.2 Å². The molecule has 2 amide bonds. The minimum absolute atomic E-state index is 0.0123. The molecule has 130 valence electrons. The number of aryl methyl sites for hydroxylation is 2. The number of hydrogen-bond acceptors (Lipinski definition) is 4. The van der Waals surface area contributed by atoms with Crippen molar-refractivity contribution in [1.29, 1.82) is 0 Å². The van der Waals surface area contributed by atoms with Crippen molar-refractivity contribution in [2.45, 2.75) is 33.4 Å². The quantitative estimate of drug-likeness (QED) is 0.894. The molecule has 0 bridgehead atoms. The summed E-state index contributed by atoms with van der Waals surface area (Å²) < 4.78 is 0. The van der Waals surface area contributed by atoms with Crippen molar-refractivity contribution in [1.82, 2.24) is 25.3 Å². The van der Waals surface area contributed by atoms with E-state index in [9.17, 15) is 4.79 Å². The molecule has 24 heavy (non-hydrogen) atoms. The highest BCUT2D eigenvalue weighted by atomic mass is 32.1. The van der Waals surface area contributed by atoms with Gasteiger partial charge in [0.25, 0.3) is 0 Å². The van der Waals surface area contributed by atoms with Crippen molar-refractivity contribution in [3.63, 3.8) is 0 Å². The Morgan fingerprint density at radius 2 is 2.12 bits per heavy atom. The minimum Gasteiger partial charge on any atom is -0.331 e. The summed E-state index contributed by atoms with van der Waals surface area (Å²) in [5.74, 6) is 0. The van der Waals surface area contributed by atoms with E-state index >= 15 is 0 Å². The molecule has 6 nitrogen and oxygen atoms in total. The number of nitrogens with zero attached hydrogens (tertiary/aromatic N) is 3. The number of piperazine rings is 1. The van der Waals surface area contributed by atoms with Crippen LogP contribution in [0.2, 0.25) is 0 Å². The average molecular weight is 347 g/mol. The first-order chi connectivity index (χ1) is 11.5. The molecular formula is C17H25N5OS. The minimum atomic E-state index is -0.0413. The van der Waals surface area contributed by atoms with Crippen molar-refractivity contribution < 1.29 is 4.79 Å². The molecule has 3 rings (SSSR count). The maximum absolute atomic E-state index is 12.5. The van der Waals surface area contributed by atoms with Crippen molar-refractivity contribution in [2.24, 2.45) is 0 Å². The molecule has 1 aliphatic rings. The number of thiophene rings is 1. The summed E-state index contributed by atoms with van der Waals surface area (Å²) in [5.41, 5.74) is 3.04. The van der Waals surface area contributed by atoms with Crippen LogP contribution in [0, 0.1) is 13.8 Å². The van der Waals surface area contributed by atoms with Gasteiger partial charge in [0.05, 0.1) is 11.7 Å². The third-order valence-corrected chi connectivity index (χ3v) is 5.44. The summed E-state index contributed by atoms with van der Waals surface area (Å²) in [7, 11) is 0. The van der Waals surface area contributed by atoms with Gasteiger partial charge in [-0.2, -0.15) is 5.10 Å². The topological polar surface area (TPSA) is 64.3 Å². The van der Waals surface area contributed by atoms with Crippen LogP contribution >= 0.6 is 11.3 Å². The number of urea groups is 1. The Labute approximate surface area is 146 Å². The molecule has 1 aliphatic heterocycles. The number of H-pyrrole nitrogens is 1. The predicted octanol–water partition coefficient (Wildman–Crippen LogP) is 2.68. The van der Waals surface area contributed by atoms with Crippen LogP contribution in [0.4, 0.5) is 4.79 Å². The highest BCUT2D eigenvalue weighted by Crippen LogP contribution is 2.19. The largest absolute Gasteiger partial charge is 0.331 e. The van der Waals surface area contributed by atoms with Crippen molar-refractivity contribution in [3.05, 3.63) is 39.3 Å². The van der Waals surface area contributed by atoms with E-state index in [4.69, 9.17) is 0 Å². The summed E-state index contributed by atoms with van der Waals surface area (Å²) in [4.78, 5) is 18.2. The summed E-state index contributed by atoms with van der Waals surface area (Å²) >= 11 is 1.79. The number of carbonyl (C=O) groups excluding carboxylic acids is 1. The zero-order chi connectivity index (χ0) is 17.1. The second kappa shape index (κ2) is 7.36. The van der Waals surface area contributed by atoms with Gasteiger partial charge in [0, 0.05) is 48.9 Å². The van der Waals surface area contributed by atoms with E-state index in [0.717, 1.165) is 49.7 Å². The molecule has 1 fully saturated rings. The summed E-state index contributed by atoms with van der Waals surface area (Å²) in [6.07, 6.45) is 0. The normalized spacial score (nSPS) is 17.0. The maximum Gasteiger partial charge on any atom is 0.317 e. The van der Waals surface area contributed by atoms with E-state index in [1.807, 2.05) is 25.7 Å². The highest BCUT2D eigenvalue weighted by Gasteiger charge is 2.24. The Morgan fingerprint density at radius 3 is 2.71 bits per heavy atom. The average Bonchev–Trinajstić information content (AvgIpc) is 3.18. The third-order valence-electron chi connectivity index (χ3n) is 4.58. The van der Waals surface area contributed by atoms with E-state index in [1.165, 1.54) is 4.88 Å². The van der Waals surface area contributed by atoms with E-state index in [0.29, 0.717) is 0 Å². The Kier molecular flexibility index (Phi) is 5.20. The van der Waals surface area contributed by atoms with Gasteiger partial charge in [-0.25, -0.2) is 4.79 Å². The molecule has 1 atom stereocenters. The number of hydrogen-bond donors (Lipinski definition) is 2. The number of nitrogens with one attached hydrogen (secondary N) is 2. The van der Waals surface area contributed by atoms with Gasteiger partial charge in [-0.1, -0.05) is 6.07 Å². The molecule has 7 heteroatoms. The van der Waals surface area contributed by atoms with E-state index in [1.54, 1.807) is 11.3 Å². The zero-order valence-corrected chi connectivity index (χ0v) is 15.3. The first-order valence-corrected chi connectivity index (χ1v) is 9.24. The summed E-state index contributed by atoms with van der Waals surface area (Å²) in [5, 5.41) is 12.4. The Hall–Kier alpha value is -1.86. The van der Waals surface area contributed by atoms with Crippen LogP contribution < -0.4 is 5.32 Å². The van der Waals surface area contributed by atoms with Crippen LogP contribution in [0.1, 0.15) is 34.8 Å². The van der Waals surface area contributed by atoms with Gasteiger partial charge in [-0.15, -0.1) is 11.3 Å². The summed E-state index contributed by atoms with van der Waals surface area (Å²) in [6, 6.07) is 4.23. The summed E-state index contributed by atoms with van der Waals surface area (Å²) in [6.45, 7) is 10.3. The lowest BCUT2D eigenvalue weighted by Gasteiger charge is -2.35. The van der Waals surface area contributed by atoms with Gasteiger partial charge in [0.15, 0.2) is 0 Å². The SMILES string of the molecule is Cc1n[nH]c(C)c1C(C)NC(=O)N1CCN(Cc2cccs2)CC1. The van der Waals surface area contributed by atoms with Gasteiger partial charge >= 0.3 is 6.03 Å². The number of aromatic nitrogens is 2. The van der Waals surface area contributed by atoms with E-state index in [2.05, 4.69) is 37.9 Å². The first-order valence-electron chi connectivity index (χ1n) is 8.36. The number of aromatic amines is 1. The molecule has 0 aliphatic carbocycles. The molecule has 3 heterocycles. The fourth-order valence-electron chi connectivity index (χ4n) is 3.28. The number of rotatable bonds is 4. The lowest BCUT2D eigenvalue weighted by molar-refractivity contribution is 0.134. The highest BCUT2D eigenvalue weighted by molar-refractivity contribution is 7.09. The molecule has 1 saturated heterocycles. The third kappa shape index (κ3) is 3.79. The lowest BCUT2D eigenvalue weighted by Crippen LogP contribution is -2.51. The Bertz CT molecular complexity index is 654. The zero-order valence-electron chi connectivity index (χ0n) is 14.5. The molecule has 0 saturated carbocycles. The van der Waals surface area contributed by atoms with Gasteiger partial charge in [-0.3, -0.25) is 10.00 Å². The fourth-order valence-corrected chi connectivity index (χ4v) is 4.02. The molecular weight excluding hydrogens is 322 g/mol. The van der Waals surface area contributed by atoms with Crippen molar-refractivity contribution in [3.8, 4) is 0 Å². The molecule has 0 spiro atoms. The van der Waals surface area contributed by atoms with Crippen molar-refractivity contribution in [2.75, 3.05) is 26.2 Å². The van der Waals surface area contributed by atoms with Gasteiger partial charge < -0.3 is 10.2 Å². The van der Waals surface area contributed by atoms with Crippen LogP contribution in [0.5, 0.6) is 0 Å². The molecule has 0 aromatic carbocycles. The molecule has 0 radical (unpaired) electrons. The van der Waals surface area contributed by atoms with Gasteiger partial charge in [0.2, 0.25) is 0 Å². The molecule has 2 aromatic rings. The molecule has 2 N–H and O–H groups in total. The van der Waals surface area contributed by atoms with Crippen LogP contribution in [0.3, 0.4) is 0 Å². The van der Waals surface area contributed by atoms with Crippen LogP contribution in [0.15, 0.2) is 17.5 Å². The van der Waals surface area contributed by atoms with Crippen molar-refractivity contribution >= 4 is 17.4 Å². The molecule has 1 unspecified atom stereocenters. The van der Waals surface area contributed by atoms with Gasteiger partial charge in [0.1, 0.15) is 0 Å². The smallest absolute Gasteiger partial charge is 0.317 e. The van der Waals surface area contributed by atoms with E-state index < -0.39 is 0 Å². The Balaban J connectivity index is 1.50. The monoisotopic (exact) mass is 347 g/mol. The lowest BCUT2D eigenvalue weighted by atomic mass is 10.1. The number of carbonyl (C=O) groups is 1. The van der Waals surface area contributed by atoms with Crippen LogP contribution in [-0.4, -0.2) is 52.2 Å². The predicted molar refractivity (Wildman–Crippen MR) is 96.2 cm³/mol. The Morgan fingerprint density at radius 1 is 1.38 bits per heavy atom. The second-order valence-electron chi connectivity index (χ2n) is 6.36. The maximum atomic E-state index is 12.5.